The molecule has 0 aliphatic carbocycles. The van der Waals surface area contributed by atoms with Crippen LogP contribution >= 0.6 is 0 Å². The molecule has 8 heteroatoms. The van der Waals surface area contributed by atoms with Gasteiger partial charge >= 0.3 is 11.9 Å². The largest absolute Gasteiger partial charge is 0.507 e. The molecule has 0 spiro atoms. The lowest BCUT2D eigenvalue weighted by Crippen LogP contribution is -2.23. The van der Waals surface area contributed by atoms with Crippen molar-refractivity contribution in [1.82, 2.24) is 15.4 Å². The molecule has 128 valence electrons. The average molecular weight is 333 g/mol. The Balaban J connectivity index is 2.42. The van der Waals surface area contributed by atoms with Crippen molar-refractivity contribution in [2.24, 2.45) is 0 Å². The molecule has 1 aromatic carbocycles. The number of hydrogen-bond acceptors (Lipinski definition) is 7. The number of aromatic hydroxyl groups is 1. The number of aromatic amines is 1. The Morgan fingerprint density at radius 1 is 1.21 bits per heavy atom. The number of carbonyl (C=O) groups excluding carboxylic acids is 2. The lowest BCUT2D eigenvalue weighted by molar-refractivity contribution is 0.00693. The molecule has 0 bridgehead atoms. The highest BCUT2D eigenvalue weighted by Gasteiger charge is 2.24. The van der Waals surface area contributed by atoms with Gasteiger partial charge in [0, 0.05) is 5.56 Å². The molecule has 1 aromatic heterocycles. The first kappa shape index (κ1) is 17.5. The minimum Gasteiger partial charge on any atom is -0.507 e. The van der Waals surface area contributed by atoms with Gasteiger partial charge in [-0.2, -0.15) is 10.3 Å². The maximum absolute atomic E-state index is 12.2. The highest BCUT2D eigenvalue weighted by molar-refractivity contribution is 5.97. The molecule has 0 saturated heterocycles. The predicted molar refractivity (Wildman–Crippen MR) is 84.6 cm³/mol. The average Bonchev–Trinajstić information content (AvgIpc) is 2.95. The summed E-state index contributed by atoms with van der Waals surface area (Å²) in [6, 6.07) is 4.15. The third-order valence-corrected chi connectivity index (χ3v) is 2.90. The van der Waals surface area contributed by atoms with Gasteiger partial charge in [-0.3, -0.25) is 0 Å². The molecule has 24 heavy (non-hydrogen) atoms. The van der Waals surface area contributed by atoms with E-state index in [1.165, 1.54) is 18.2 Å². The van der Waals surface area contributed by atoms with Gasteiger partial charge in [0.1, 0.15) is 17.0 Å². The van der Waals surface area contributed by atoms with Crippen molar-refractivity contribution in [3.63, 3.8) is 0 Å². The number of phenols is 1. The molecule has 1 heterocycles. The zero-order chi connectivity index (χ0) is 17.9. The maximum Gasteiger partial charge on any atom is 0.361 e. The summed E-state index contributed by atoms with van der Waals surface area (Å²) < 4.78 is 10.2. The van der Waals surface area contributed by atoms with E-state index < -0.39 is 17.5 Å². The summed E-state index contributed by atoms with van der Waals surface area (Å²) in [5.41, 5.74) is -0.241. The smallest absolute Gasteiger partial charge is 0.361 e. The van der Waals surface area contributed by atoms with Gasteiger partial charge in [-0.25, -0.2) is 9.59 Å². The number of nitrogens with one attached hydrogen (secondary N) is 1. The Morgan fingerprint density at radius 2 is 1.92 bits per heavy atom. The predicted octanol–water partition coefficient (Wildman–Crippen LogP) is 2.31. The van der Waals surface area contributed by atoms with E-state index in [2.05, 4.69) is 15.4 Å². The second-order valence-corrected chi connectivity index (χ2v) is 5.98. The van der Waals surface area contributed by atoms with E-state index in [0.29, 0.717) is 0 Å². The molecule has 8 nitrogen and oxygen atoms in total. The normalized spacial score (nSPS) is 11.2. The fraction of sp³-hybridized carbons (Fsp3) is 0.375. The topological polar surface area (TPSA) is 114 Å². The van der Waals surface area contributed by atoms with Crippen LogP contribution in [0.25, 0.3) is 11.3 Å². The first-order valence-electron chi connectivity index (χ1n) is 7.37. The molecule has 0 aliphatic heterocycles. The number of rotatable bonds is 4. The number of phenolic OH excluding ortho intramolecular Hbond substituents is 1. The van der Waals surface area contributed by atoms with E-state index in [0.717, 1.165) is 0 Å². The Labute approximate surface area is 138 Å². The van der Waals surface area contributed by atoms with Gasteiger partial charge in [0.25, 0.3) is 0 Å². The number of ether oxygens (including phenoxy) is 2. The van der Waals surface area contributed by atoms with Gasteiger partial charge in [0.15, 0.2) is 5.69 Å². The van der Waals surface area contributed by atoms with Crippen molar-refractivity contribution in [2.45, 2.75) is 33.3 Å². The molecule has 0 radical (unpaired) electrons. The van der Waals surface area contributed by atoms with Crippen molar-refractivity contribution in [1.29, 1.82) is 0 Å². The van der Waals surface area contributed by atoms with Gasteiger partial charge in [0.05, 0.1) is 12.2 Å². The van der Waals surface area contributed by atoms with Crippen LogP contribution in [0.4, 0.5) is 0 Å². The van der Waals surface area contributed by atoms with Crippen molar-refractivity contribution in [3.05, 3.63) is 29.5 Å². The van der Waals surface area contributed by atoms with Crippen LogP contribution in [0.5, 0.6) is 5.75 Å². The highest BCUT2D eigenvalue weighted by Crippen LogP contribution is 2.31. The Hall–Kier alpha value is -2.90. The summed E-state index contributed by atoms with van der Waals surface area (Å²) in [6.45, 7) is 7.10. The zero-order valence-electron chi connectivity index (χ0n) is 13.9. The molecule has 0 atom stereocenters. The maximum atomic E-state index is 12.2. The Morgan fingerprint density at radius 3 is 2.54 bits per heavy atom. The number of hydrogen-bond donors (Lipinski definition) is 2. The zero-order valence-corrected chi connectivity index (χ0v) is 13.9. The van der Waals surface area contributed by atoms with Crippen LogP contribution in [0.3, 0.4) is 0 Å². The van der Waals surface area contributed by atoms with Crippen molar-refractivity contribution < 1.29 is 24.2 Å². The van der Waals surface area contributed by atoms with E-state index >= 15 is 0 Å². The first-order chi connectivity index (χ1) is 11.2. The van der Waals surface area contributed by atoms with Crippen LogP contribution in [0.1, 0.15) is 48.5 Å². The fourth-order valence-electron chi connectivity index (χ4n) is 1.95. The number of nitrogens with zero attached hydrogens (tertiary/aromatic N) is 2. The molecule has 0 aliphatic rings. The molecule has 2 rings (SSSR count). The summed E-state index contributed by atoms with van der Waals surface area (Å²) in [5, 5.41) is 20.0. The SMILES string of the molecule is CCOC(=O)c1n[nH]nc1-c1cc(C(=O)OC(C)(C)C)ccc1O. The minimum absolute atomic E-state index is 0.0755. The second kappa shape index (κ2) is 6.69. The highest BCUT2D eigenvalue weighted by atomic mass is 16.6. The van der Waals surface area contributed by atoms with Crippen LogP contribution in [0.15, 0.2) is 18.2 Å². The van der Waals surface area contributed by atoms with Crippen LogP contribution in [0.2, 0.25) is 0 Å². The summed E-state index contributed by atoms with van der Waals surface area (Å²) in [7, 11) is 0. The first-order valence-corrected chi connectivity index (χ1v) is 7.37. The number of aromatic nitrogens is 3. The van der Waals surface area contributed by atoms with Crippen LogP contribution < -0.4 is 0 Å². The summed E-state index contributed by atoms with van der Waals surface area (Å²) in [4.78, 5) is 24.1. The summed E-state index contributed by atoms with van der Waals surface area (Å²) >= 11 is 0. The standard InChI is InChI=1S/C16H19N3O5/c1-5-23-15(22)13-12(17-19-18-13)10-8-9(6-7-11(10)20)14(21)24-16(2,3)4/h6-8,20H,5H2,1-4H3,(H,17,18,19). The number of carbonyl (C=O) groups is 2. The van der Waals surface area contributed by atoms with Gasteiger partial charge in [0.2, 0.25) is 0 Å². The van der Waals surface area contributed by atoms with Gasteiger partial charge in [-0.05, 0) is 45.9 Å². The second-order valence-electron chi connectivity index (χ2n) is 5.98. The van der Waals surface area contributed by atoms with E-state index in [9.17, 15) is 14.7 Å². The van der Waals surface area contributed by atoms with Crippen LogP contribution in [0, 0.1) is 0 Å². The van der Waals surface area contributed by atoms with Crippen LogP contribution in [-0.4, -0.2) is 44.7 Å². The minimum atomic E-state index is -0.677. The molecule has 0 unspecified atom stereocenters. The Kier molecular flexibility index (Phi) is 4.87. The molecule has 0 fully saturated rings. The fourth-order valence-corrected chi connectivity index (χ4v) is 1.95. The van der Waals surface area contributed by atoms with Gasteiger partial charge in [-0.1, -0.05) is 0 Å². The van der Waals surface area contributed by atoms with Gasteiger partial charge in [-0.15, -0.1) is 5.10 Å². The molecule has 0 saturated carbocycles. The molecular formula is C16H19N3O5. The van der Waals surface area contributed by atoms with Crippen molar-refractivity contribution >= 4 is 11.9 Å². The lowest BCUT2D eigenvalue weighted by Gasteiger charge is -2.19. The Bertz CT molecular complexity index is 761. The van der Waals surface area contributed by atoms with Crippen molar-refractivity contribution in [3.8, 4) is 17.0 Å². The van der Waals surface area contributed by atoms with E-state index in [-0.39, 0.29) is 34.9 Å². The van der Waals surface area contributed by atoms with E-state index in [1.54, 1.807) is 27.7 Å². The third kappa shape index (κ3) is 3.89. The summed E-state index contributed by atoms with van der Waals surface area (Å²) in [6.07, 6.45) is 0. The van der Waals surface area contributed by atoms with E-state index in [1.807, 2.05) is 0 Å². The van der Waals surface area contributed by atoms with Gasteiger partial charge < -0.3 is 14.6 Å². The third-order valence-electron chi connectivity index (χ3n) is 2.90. The molecule has 0 amide bonds. The number of esters is 2. The molecular weight excluding hydrogens is 314 g/mol. The molecule has 2 N–H and O–H groups in total. The van der Waals surface area contributed by atoms with Crippen molar-refractivity contribution in [2.75, 3.05) is 6.61 Å². The quantitative estimate of drug-likeness (QED) is 0.825. The number of H-pyrrole nitrogens is 1. The van der Waals surface area contributed by atoms with E-state index in [4.69, 9.17) is 9.47 Å². The monoisotopic (exact) mass is 333 g/mol. The summed E-state index contributed by atoms with van der Waals surface area (Å²) in [5.74, 6) is -1.38. The lowest BCUT2D eigenvalue weighted by atomic mass is 10.0. The van der Waals surface area contributed by atoms with Crippen LogP contribution in [-0.2, 0) is 9.47 Å². The number of benzene rings is 1. The molecule has 2 aromatic rings.